The average Bonchev–Trinajstić information content (AvgIpc) is 3.15. The van der Waals surface area contributed by atoms with Crippen LogP contribution in [0.4, 0.5) is 17.1 Å². The van der Waals surface area contributed by atoms with Gasteiger partial charge in [-0.25, -0.2) is 0 Å². The fourth-order valence-corrected chi connectivity index (χ4v) is 4.11. The van der Waals surface area contributed by atoms with Crippen molar-refractivity contribution in [1.82, 2.24) is 0 Å². The summed E-state index contributed by atoms with van der Waals surface area (Å²) < 4.78 is 5.42. The Kier molecular flexibility index (Phi) is 6.02. The number of amides is 2. The van der Waals surface area contributed by atoms with Crippen LogP contribution in [0.2, 0.25) is 5.02 Å². The number of nitrogens with one attached hydrogen (secondary N) is 1. The van der Waals surface area contributed by atoms with Gasteiger partial charge in [-0.3, -0.25) is 9.59 Å². The minimum atomic E-state index is -0.105. The summed E-state index contributed by atoms with van der Waals surface area (Å²) in [4.78, 5) is 28.5. The molecule has 6 nitrogen and oxygen atoms in total. The first-order valence-electron chi connectivity index (χ1n) is 9.92. The van der Waals surface area contributed by atoms with Crippen LogP contribution in [0.25, 0.3) is 0 Å². The summed E-state index contributed by atoms with van der Waals surface area (Å²) in [5, 5.41) is 3.62. The molecule has 0 spiro atoms. The van der Waals surface area contributed by atoms with Crippen molar-refractivity contribution in [2.45, 2.75) is 19.3 Å². The largest absolute Gasteiger partial charge is 0.378 e. The highest BCUT2D eigenvalue weighted by atomic mass is 35.5. The molecule has 7 heteroatoms. The van der Waals surface area contributed by atoms with Gasteiger partial charge in [-0.05, 0) is 36.2 Å². The zero-order valence-electron chi connectivity index (χ0n) is 16.2. The summed E-state index contributed by atoms with van der Waals surface area (Å²) >= 11 is 6.43. The summed E-state index contributed by atoms with van der Waals surface area (Å²) in [6, 6.07) is 13.2. The molecule has 0 radical (unpaired) electrons. The third-order valence-electron chi connectivity index (χ3n) is 5.27. The fraction of sp³-hybridized carbons (Fsp3) is 0.364. The second-order valence-corrected chi connectivity index (χ2v) is 7.68. The molecule has 0 unspecified atom stereocenters. The van der Waals surface area contributed by atoms with E-state index in [2.05, 4.69) is 10.2 Å². The molecule has 152 valence electrons. The van der Waals surface area contributed by atoms with Gasteiger partial charge < -0.3 is 19.9 Å². The minimum Gasteiger partial charge on any atom is -0.378 e. The number of carbonyl (C=O) groups excluding carboxylic acids is 2. The predicted octanol–water partition coefficient (Wildman–Crippen LogP) is 3.48. The van der Waals surface area contributed by atoms with E-state index in [1.54, 1.807) is 4.90 Å². The van der Waals surface area contributed by atoms with Gasteiger partial charge in [0, 0.05) is 31.7 Å². The molecular weight excluding hydrogens is 390 g/mol. The third kappa shape index (κ3) is 4.54. The Morgan fingerprint density at radius 3 is 2.52 bits per heavy atom. The van der Waals surface area contributed by atoms with Gasteiger partial charge >= 0.3 is 0 Å². The van der Waals surface area contributed by atoms with Crippen LogP contribution < -0.4 is 15.1 Å². The number of anilines is 3. The molecule has 2 aromatic rings. The van der Waals surface area contributed by atoms with Crippen LogP contribution >= 0.6 is 11.6 Å². The van der Waals surface area contributed by atoms with Gasteiger partial charge in [0.15, 0.2) is 0 Å². The van der Waals surface area contributed by atoms with Crippen molar-refractivity contribution in [3.8, 4) is 0 Å². The van der Waals surface area contributed by atoms with Crippen molar-refractivity contribution >= 4 is 40.5 Å². The normalized spacial score (nSPS) is 16.9. The average molecular weight is 414 g/mol. The first-order valence-corrected chi connectivity index (χ1v) is 10.3. The molecule has 0 bridgehead atoms. The molecule has 2 aliphatic heterocycles. The second kappa shape index (κ2) is 8.84. The fourth-order valence-electron chi connectivity index (χ4n) is 3.82. The number of halogens is 1. The van der Waals surface area contributed by atoms with Crippen LogP contribution in [0.5, 0.6) is 0 Å². The van der Waals surface area contributed by atoms with E-state index in [-0.39, 0.29) is 18.2 Å². The summed E-state index contributed by atoms with van der Waals surface area (Å²) in [6.07, 6.45) is 1.76. The van der Waals surface area contributed by atoms with Crippen molar-refractivity contribution in [2.24, 2.45) is 0 Å². The summed E-state index contributed by atoms with van der Waals surface area (Å²) in [7, 11) is 0. The summed E-state index contributed by atoms with van der Waals surface area (Å²) in [5.41, 5.74) is 3.34. The van der Waals surface area contributed by atoms with Gasteiger partial charge in [-0.15, -0.1) is 0 Å². The maximum absolute atomic E-state index is 12.7. The smallest absolute Gasteiger partial charge is 0.228 e. The molecule has 2 fully saturated rings. The minimum absolute atomic E-state index is 0.105. The van der Waals surface area contributed by atoms with Crippen LogP contribution in [0, 0.1) is 0 Å². The molecule has 0 atom stereocenters. The van der Waals surface area contributed by atoms with Crippen LogP contribution in [-0.4, -0.2) is 44.7 Å². The van der Waals surface area contributed by atoms with Crippen LogP contribution in [0.3, 0.4) is 0 Å². The van der Waals surface area contributed by atoms with E-state index in [4.69, 9.17) is 16.3 Å². The summed E-state index contributed by atoms with van der Waals surface area (Å²) in [5.74, 6) is 0.0545. The Bertz CT molecular complexity index is 895. The zero-order valence-corrected chi connectivity index (χ0v) is 17.0. The van der Waals surface area contributed by atoms with Crippen LogP contribution in [0.1, 0.15) is 18.4 Å². The predicted molar refractivity (Wildman–Crippen MR) is 115 cm³/mol. The topological polar surface area (TPSA) is 61.9 Å². The van der Waals surface area contributed by atoms with E-state index < -0.39 is 0 Å². The van der Waals surface area contributed by atoms with Gasteiger partial charge in [-0.2, -0.15) is 0 Å². The first kappa shape index (κ1) is 19.7. The second-order valence-electron chi connectivity index (χ2n) is 7.28. The molecule has 2 heterocycles. The van der Waals surface area contributed by atoms with Gasteiger partial charge in [-0.1, -0.05) is 29.8 Å². The molecule has 2 aromatic carbocycles. The van der Waals surface area contributed by atoms with E-state index in [1.165, 1.54) is 0 Å². The van der Waals surface area contributed by atoms with E-state index in [1.807, 2.05) is 42.5 Å². The monoisotopic (exact) mass is 413 g/mol. The lowest BCUT2D eigenvalue weighted by atomic mass is 10.1. The summed E-state index contributed by atoms with van der Waals surface area (Å²) in [6.45, 7) is 3.53. The number of ether oxygens (including phenoxy) is 1. The molecule has 0 saturated carbocycles. The number of carbonyl (C=O) groups is 2. The molecule has 0 aliphatic carbocycles. The van der Waals surface area contributed by atoms with E-state index >= 15 is 0 Å². The maximum Gasteiger partial charge on any atom is 0.228 e. The highest BCUT2D eigenvalue weighted by molar-refractivity contribution is 6.34. The third-order valence-corrected chi connectivity index (χ3v) is 5.58. The number of para-hydroxylation sites is 1. The van der Waals surface area contributed by atoms with Crippen molar-refractivity contribution in [2.75, 3.05) is 48.0 Å². The molecule has 1 N–H and O–H groups in total. The van der Waals surface area contributed by atoms with E-state index in [0.717, 1.165) is 43.0 Å². The number of rotatable bonds is 5. The van der Waals surface area contributed by atoms with Crippen LogP contribution in [-0.2, 0) is 20.7 Å². The molecule has 2 saturated heterocycles. The Hall–Kier alpha value is -2.57. The molecule has 2 amide bonds. The standard InChI is InChI=1S/C22H24ClN3O3/c23-18-3-1-4-19(22(18)25-11-13-29-14-12-25)24-20(27)15-16-6-8-17(9-7-16)26-10-2-5-21(26)28/h1,3-4,6-9H,2,5,10-15H2,(H,24,27). The van der Waals surface area contributed by atoms with Gasteiger partial charge in [0.25, 0.3) is 0 Å². The van der Waals surface area contributed by atoms with E-state index in [9.17, 15) is 9.59 Å². The molecule has 29 heavy (non-hydrogen) atoms. The molecule has 2 aliphatic rings. The lowest BCUT2D eigenvalue weighted by molar-refractivity contribution is -0.117. The SMILES string of the molecule is O=C(Cc1ccc(N2CCCC2=O)cc1)Nc1cccc(Cl)c1N1CCOCC1. The number of hydrogen-bond donors (Lipinski definition) is 1. The lowest BCUT2D eigenvalue weighted by Gasteiger charge is -2.31. The van der Waals surface area contributed by atoms with E-state index in [0.29, 0.717) is 30.3 Å². The Morgan fingerprint density at radius 2 is 1.83 bits per heavy atom. The Balaban J connectivity index is 1.43. The molecule has 4 rings (SSSR count). The van der Waals surface area contributed by atoms with Crippen molar-refractivity contribution in [3.63, 3.8) is 0 Å². The van der Waals surface area contributed by atoms with Gasteiger partial charge in [0.05, 0.1) is 36.0 Å². The Labute approximate surface area is 175 Å². The van der Waals surface area contributed by atoms with Gasteiger partial charge in [0.1, 0.15) is 0 Å². The quantitative estimate of drug-likeness (QED) is 0.815. The zero-order chi connectivity index (χ0) is 20.2. The number of morpholine rings is 1. The molecule has 0 aromatic heterocycles. The van der Waals surface area contributed by atoms with Crippen molar-refractivity contribution in [3.05, 3.63) is 53.1 Å². The highest BCUT2D eigenvalue weighted by Crippen LogP contribution is 2.34. The maximum atomic E-state index is 12.7. The molecular formula is C22H24ClN3O3. The number of hydrogen-bond acceptors (Lipinski definition) is 4. The first-order chi connectivity index (χ1) is 14.1. The number of nitrogens with zero attached hydrogens (tertiary/aromatic N) is 2. The van der Waals surface area contributed by atoms with Crippen molar-refractivity contribution < 1.29 is 14.3 Å². The van der Waals surface area contributed by atoms with Crippen LogP contribution in [0.15, 0.2) is 42.5 Å². The number of benzene rings is 2. The van der Waals surface area contributed by atoms with Gasteiger partial charge in [0.2, 0.25) is 11.8 Å². The highest BCUT2D eigenvalue weighted by Gasteiger charge is 2.22. The Morgan fingerprint density at radius 1 is 1.07 bits per heavy atom. The lowest BCUT2D eigenvalue weighted by Crippen LogP contribution is -2.37. The van der Waals surface area contributed by atoms with Crippen molar-refractivity contribution in [1.29, 1.82) is 0 Å².